The monoisotopic (exact) mass is 325 g/mol. The van der Waals surface area contributed by atoms with Gasteiger partial charge in [-0.05, 0) is 35.4 Å². The van der Waals surface area contributed by atoms with Gasteiger partial charge in [-0.1, -0.05) is 47.5 Å². The van der Waals surface area contributed by atoms with Gasteiger partial charge in [-0.3, -0.25) is 0 Å². The second-order valence-corrected chi connectivity index (χ2v) is 5.58. The third-order valence-corrected chi connectivity index (χ3v) is 3.74. The van der Waals surface area contributed by atoms with Gasteiger partial charge < -0.3 is 15.5 Å². The lowest BCUT2D eigenvalue weighted by molar-refractivity contribution is 0.124. The molecule has 2 aromatic rings. The lowest BCUT2D eigenvalue weighted by atomic mass is 9.96. The van der Waals surface area contributed by atoms with Crippen LogP contribution >= 0.6 is 23.2 Å². The zero-order chi connectivity index (χ0) is 15.2. The van der Waals surface area contributed by atoms with E-state index in [9.17, 15) is 5.11 Å². The molecule has 3 nitrogen and oxygen atoms in total. The van der Waals surface area contributed by atoms with E-state index in [4.69, 9.17) is 28.3 Å². The summed E-state index contributed by atoms with van der Waals surface area (Å²) in [5.74, 6) is 0. The van der Waals surface area contributed by atoms with Gasteiger partial charge in [-0.15, -0.1) is 0 Å². The summed E-state index contributed by atoms with van der Waals surface area (Å²) in [7, 11) is 0. The van der Waals surface area contributed by atoms with E-state index in [1.165, 1.54) is 0 Å². The Kier molecular flexibility index (Phi) is 6.03. The fraction of sp³-hybridized carbons (Fsp3) is 0.250. The first-order chi connectivity index (χ1) is 10.1. The van der Waals surface area contributed by atoms with E-state index in [0.29, 0.717) is 16.6 Å². The molecule has 0 aliphatic rings. The van der Waals surface area contributed by atoms with Crippen LogP contribution in [0.25, 0.3) is 0 Å². The van der Waals surface area contributed by atoms with Crippen LogP contribution in [-0.4, -0.2) is 23.4 Å². The Morgan fingerprint density at radius 1 is 0.857 bits per heavy atom. The van der Waals surface area contributed by atoms with Gasteiger partial charge in [0.05, 0.1) is 18.8 Å². The van der Waals surface area contributed by atoms with Gasteiger partial charge in [0.15, 0.2) is 0 Å². The highest BCUT2D eigenvalue weighted by Crippen LogP contribution is 2.30. The van der Waals surface area contributed by atoms with Gasteiger partial charge in [0, 0.05) is 16.6 Å². The van der Waals surface area contributed by atoms with E-state index in [1.807, 2.05) is 12.1 Å². The number of hydrogen-bond donors (Lipinski definition) is 3. The van der Waals surface area contributed by atoms with Gasteiger partial charge >= 0.3 is 0 Å². The second-order valence-electron chi connectivity index (χ2n) is 4.70. The van der Waals surface area contributed by atoms with Gasteiger partial charge in [0.2, 0.25) is 0 Å². The third-order valence-electron chi connectivity index (χ3n) is 3.23. The summed E-state index contributed by atoms with van der Waals surface area (Å²) in [6.07, 6.45) is -0.755. The highest BCUT2D eigenvalue weighted by Gasteiger charge is 2.22. The van der Waals surface area contributed by atoms with E-state index in [2.05, 4.69) is 5.32 Å². The van der Waals surface area contributed by atoms with Crippen LogP contribution < -0.4 is 5.32 Å². The van der Waals surface area contributed by atoms with Crippen LogP contribution in [0.3, 0.4) is 0 Å². The lowest BCUT2D eigenvalue weighted by Gasteiger charge is -2.25. The summed E-state index contributed by atoms with van der Waals surface area (Å²) in [5, 5.41) is 24.0. The van der Waals surface area contributed by atoms with Crippen molar-refractivity contribution in [1.82, 2.24) is 5.32 Å². The molecule has 0 saturated heterocycles. The van der Waals surface area contributed by atoms with E-state index >= 15 is 0 Å². The maximum absolute atomic E-state index is 10.6. The molecule has 112 valence electrons. The molecule has 0 amide bonds. The first kappa shape index (κ1) is 16.3. The molecule has 0 spiro atoms. The van der Waals surface area contributed by atoms with Crippen LogP contribution in [0.15, 0.2) is 48.5 Å². The predicted molar refractivity (Wildman–Crippen MR) is 85.7 cm³/mol. The fourth-order valence-corrected chi connectivity index (χ4v) is 2.41. The maximum Gasteiger partial charge on any atom is 0.0984 e. The van der Waals surface area contributed by atoms with Crippen LogP contribution in [-0.2, 0) is 0 Å². The summed E-state index contributed by atoms with van der Waals surface area (Å²) in [4.78, 5) is 0. The first-order valence-corrected chi connectivity index (χ1v) is 7.40. The molecule has 2 unspecified atom stereocenters. The molecule has 0 heterocycles. The second kappa shape index (κ2) is 7.78. The van der Waals surface area contributed by atoms with Crippen LogP contribution in [0, 0.1) is 0 Å². The van der Waals surface area contributed by atoms with Crippen molar-refractivity contribution in [2.75, 3.05) is 13.2 Å². The first-order valence-electron chi connectivity index (χ1n) is 6.65. The van der Waals surface area contributed by atoms with Crippen LogP contribution in [0.5, 0.6) is 0 Å². The van der Waals surface area contributed by atoms with Crippen LogP contribution in [0.1, 0.15) is 23.3 Å². The van der Waals surface area contributed by atoms with Crippen molar-refractivity contribution in [3.8, 4) is 0 Å². The topological polar surface area (TPSA) is 52.5 Å². The molecular weight excluding hydrogens is 309 g/mol. The highest BCUT2D eigenvalue weighted by molar-refractivity contribution is 6.30. The summed E-state index contributed by atoms with van der Waals surface area (Å²) < 4.78 is 0. The predicted octanol–water partition coefficient (Wildman–Crippen LogP) is 3.35. The molecule has 0 aliphatic heterocycles. The molecule has 2 aromatic carbocycles. The molecule has 21 heavy (non-hydrogen) atoms. The van der Waals surface area contributed by atoms with Crippen molar-refractivity contribution < 1.29 is 10.2 Å². The smallest absolute Gasteiger partial charge is 0.0984 e. The number of benzene rings is 2. The van der Waals surface area contributed by atoms with Gasteiger partial charge in [-0.25, -0.2) is 0 Å². The number of aliphatic hydroxyl groups is 2. The summed E-state index contributed by atoms with van der Waals surface area (Å²) >= 11 is 11.8. The largest absolute Gasteiger partial charge is 0.395 e. The molecule has 0 fully saturated rings. The van der Waals surface area contributed by atoms with E-state index in [-0.39, 0.29) is 12.6 Å². The van der Waals surface area contributed by atoms with Crippen molar-refractivity contribution in [3.05, 3.63) is 69.7 Å². The average Bonchev–Trinajstić information content (AvgIpc) is 2.50. The average molecular weight is 326 g/mol. The third kappa shape index (κ3) is 4.43. The molecule has 0 aliphatic carbocycles. The quantitative estimate of drug-likeness (QED) is 0.763. The summed E-state index contributed by atoms with van der Waals surface area (Å²) in [5.41, 5.74) is 1.65. The van der Waals surface area contributed by atoms with Crippen molar-refractivity contribution in [1.29, 1.82) is 0 Å². The number of halogens is 2. The Morgan fingerprint density at radius 3 is 1.81 bits per heavy atom. The minimum absolute atomic E-state index is 0.00255. The maximum atomic E-state index is 10.6. The van der Waals surface area contributed by atoms with Gasteiger partial charge in [0.25, 0.3) is 0 Å². The Hall–Kier alpha value is -1.10. The number of hydrogen-bond acceptors (Lipinski definition) is 3. The Morgan fingerprint density at radius 2 is 1.33 bits per heavy atom. The minimum Gasteiger partial charge on any atom is -0.395 e. The van der Waals surface area contributed by atoms with E-state index in [1.54, 1.807) is 36.4 Å². The van der Waals surface area contributed by atoms with Gasteiger partial charge in [0.1, 0.15) is 0 Å². The minimum atomic E-state index is -0.755. The molecule has 5 heteroatoms. The fourth-order valence-electron chi connectivity index (χ4n) is 2.15. The number of rotatable bonds is 6. The van der Waals surface area contributed by atoms with Crippen molar-refractivity contribution in [2.45, 2.75) is 12.1 Å². The molecule has 2 rings (SSSR count). The molecule has 0 saturated carbocycles. The molecule has 3 N–H and O–H groups in total. The lowest BCUT2D eigenvalue weighted by Crippen LogP contribution is -2.29. The zero-order valence-electron chi connectivity index (χ0n) is 11.3. The van der Waals surface area contributed by atoms with Crippen molar-refractivity contribution >= 4 is 23.2 Å². The standard InChI is InChI=1S/C16H17Cl2NO2/c17-13-5-1-11(2-6-13)15(19-9-10-20)16(21)12-3-7-14(18)8-4-12/h1-8,15-16,19-21H,9-10H2. The SMILES string of the molecule is OCCNC(c1ccc(Cl)cc1)C(O)c1ccc(Cl)cc1. The van der Waals surface area contributed by atoms with E-state index in [0.717, 1.165) is 11.1 Å². The van der Waals surface area contributed by atoms with E-state index < -0.39 is 6.10 Å². The molecule has 2 atom stereocenters. The van der Waals surface area contributed by atoms with Gasteiger partial charge in [-0.2, -0.15) is 0 Å². The van der Waals surface area contributed by atoms with Crippen LogP contribution in [0.2, 0.25) is 10.0 Å². The van der Waals surface area contributed by atoms with Crippen LogP contribution in [0.4, 0.5) is 0 Å². The molecule has 0 aromatic heterocycles. The Balaban J connectivity index is 2.26. The number of aliphatic hydroxyl groups excluding tert-OH is 2. The molecule has 0 radical (unpaired) electrons. The Bertz CT molecular complexity index is 557. The molecule has 0 bridgehead atoms. The Labute approximate surface area is 134 Å². The summed E-state index contributed by atoms with van der Waals surface area (Å²) in [6.45, 7) is 0.384. The summed E-state index contributed by atoms with van der Waals surface area (Å²) in [6, 6.07) is 14.0. The molecular formula is C16H17Cl2NO2. The normalized spacial score (nSPS) is 13.9. The number of nitrogens with one attached hydrogen (secondary N) is 1. The zero-order valence-corrected chi connectivity index (χ0v) is 12.8. The van der Waals surface area contributed by atoms with Crippen molar-refractivity contribution in [2.24, 2.45) is 0 Å². The van der Waals surface area contributed by atoms with Crippen molar-refractivity contribution in [3.63, 3.8) is 0 Å². The highest BCUT2D eigenvalue weighted by atomic mass is 35.5.